The van der Waals surface area contributed by atoms with Crippen molar-refractivity contribution in [2.75, 3.05) is 12.3 Å². The summed E-state index contributed by atoms with van der Waals surface area (Å²) in [6, 6.07) is 7.23. The molecule has 2 aliphatic rings. The Hall–Kier alpha value is -2.87. The number of anilines is 1. The molecule has 3 aromatic rings. The number of para-hydroxylation sites is 2. The molecule has 5 rings (SSSR count). The van der Waals surface area contributed by atoms with Crippen LogP contribution in [0.1, 0.15) is 35.5 Å². The number of rotatable bonds is 3. The summed E-state index contributed by atoms with van der Waals surface area (Å²) in [7, 11) is 0. The minimum atomic E-state index is -0.816. The fraction of sp³-hybridized carbons (Fsp3) is 0.381. The van der Waals surface area contributed by atoms with E-state index in [1.54, 1.807) is 23.5 Å². The van der Waals surface area contributed by atoms with Crippen molar-refractivity contribution in [2.45, 2.75) is 44.8 Å². The number of carbonyl (C=O) groups is 1. The van der Waals surface area contributed by atoms with Crippen molar-refractivity contribution in [1.82, 2.24) is 9.97 Å². The van der Waals surface area contributed by atoms with Crippen LogP contribution in [-0.2, 0) is 29.0 Å². The molecule has 0 saturated carbocycles. The van der Waals surface area contributed by atoms with Crippen LogP contribution in [0.2, 0.25) is 0 Å². The molecule has 1 atom stereocenters. The number of ether oxygens (including phenoxy) is 3. The van der Waals surface area contributed by atoms with Crippen LogP contribution in [0.3, 0.4) is 0 Å². The molecular formula is C21H21N3O4S. The Morgan fingerprint density at radius 3 is 2.90 bits per heavy atom. The first-order valence-corrected chi connectivity index (χ1v) is 10.6. The van der Waals surface area contributed by atoms with Gasteiger partial charge in [-0.1, -0.05) is 18.6 Å². The number of nitrogens with two attached hydrogens (primary N) is 1. The van der Waals surface area contributed by atoms with Crippen LogP contribution in [0.5, 0.6) is 11.5 Å². The average molecular weight is 411 g/mol. The monoisotopic (exact) mass is 411 g/mol. The molecule has 1 aromatic carbocycles. The zero-order valence-electron chi connectivity index (χ0n) is 15.8. The highest BCUT2D eigenvalue weighted by Crippen LogP contribution is 2.37. The zero-order valence-corrected chi connectivity index (χ0v) is 16.7. The summed E-state index contributed by atoms with van der Waals surface area (Å²) in [5.41, 5.74) is 7.55. The zero-order chi connectivity index (χ0) is 19.8. The number of hydrogen-bond donors (Lipinski definition) is 1. The summed E-state index contributed by atoms with van der Waals surface area (Å²) >= 11 is 1.68. The Balaban J connectivity index is 1.30. The fourth-order valence-electron chi connectivity index (χ4n) is 3.84. The van der Waals surface area contributed by atoms with Crippen LogP contribution < -0.4 is 15.2 Å². The minimum absolute atomic E-state index is 0.0525. The van der Waals surface area contributed by atoms with Gasteiger partial charge in [-0.25, -0.2) is 14.8 Å². The third-order valence-corrected chi connectivity index (χ3v) is 6.44. The van der Waals surface area contributed by atoms with E-state index in [2.05, 4.69) is 9.97 Å². The molecule has 3 heterocycles. The quantitative estimate of drug-likeness (QED) is 0.521. The van der Waals surface area contributed by atoms with Gasteiger partial charge in [-0.2, -0.15) is 0 Å². The number of nitrogen functional groups attached to an aromatic ring is 1. The average Bonchev–Trinajstić information content (AvgIpc) is 2.93. The number of nitrogens with zero attached hydrogens (tertiary/aromatic N) is 2. The molecule has 0 spiro atoms. The molecule has 1 aliphatic heterocycles. The Kier molecular flexibility index (Phi) is 4.71. The molecule has 0 radical (unpaired) electrons. The maximum Gasteiger partial charge on any atom is 0.351 e. The van der Waals surface area contributed by atoms with Gasteiger partial charge in [0.1, 0.15) is 17.3 Å². The Bertz CT molecular complexity index is 1080. The van der Waals surface area contributed by atoms with Crippen LogP contribution >= 0.6 is 11.3 Å². The summed E-state index contributed by atoms with van der Waals surface area (Å²) < 4.78 is 16.6. The number of fused-ring (bicyclic) bond motifs is 4. The van der Waals surface area contributed by atoms with E-state index < -0.39 is 12.1 Å². The first-order valence-electron chi connectivity index (χ1n) is 9.81. The molecule has 2 N–H and O–H groups in total. The van der Waals surface area contributed by atoms with Crippen LogP contribution in [-0.4, -0.2) is 28.6 Å². The highest BCUT2D eigenvalue weighted by molar-refractivity contribution is 7.19. The van der Waals surface area contributed by atoms with Gasteiger partial charge in [-0.05, 0) is 43.4 Å². The second-order valence-corrected chi connectivity index (χ2v) is 8.33. The standard InChI is InChI=1S/C21H21N3O4S/c22-19-18-12-6-2-1-3-9-16(12)29-20(18)24-17(23-19)11-27-21(25)15-10-26-13-7-4-5-8-14(13)28-15/h4-5,7-8,15H,1-3,6,9-11H2,(H2,22,23,24). The van der Waals surface area contributed by atoms with Crippen LogP contribution in [0, 0.1) is 0 Å². The molecule has 0 amide bonds. The third kappa shape index (κ3) is 3.48. The second-order valence-electron chi connectivity index (χ2n) is 7.24. The van der Waals surface area contributed by atoms with Gasteiger partial charge in [0.05, 0.1) is 5.39 Å². The van der Waals surface area contributed by atoms with E-state index in [0.717, 1.165) is 23.1 Å². The lowest BCUT2D eigenvalue weighted by molar-refractivity contribution is -0.156. The van der Waals surface area contributed by atoms with Gasteiger partial charge in [-0.3, -0.25) is 0 Å². The number of aryl methyl sites for hydroxylation is 2. The van der Waals surface area contributed by atoms with E-state index in [9.17, 15) is 4.79 Å². The summed E-state index contributed by atoms with van der Waals surface area (Å²) in [5.74, 6) is 1.51. The normalized spacial score (nSPS) is 18.1. The van der Waals surface area contributed by atoms with Crippen molar-refractivity contribution >= 4 is 33.3 Å². The van der Waals surface area contributed by atoms with E-state index in [1.807, 2.05) is 12.1 Å². The number of aromatic nitrogens is 2. The lowest BCUT2D eigenvalue weighted by Gasteiger charge is -2.24. The fourth-order valence-corrected chi connectivity index (χ4v) is 5.13. The summed E-state index contributed by atoms with van der Waals surface area (Å²) in [4.78, 5) is 23.6. The molecule has 0 bridgehead atoms. The van der Waals surface area contributed by atoms with Crippen molar-refractivity contribution in [1.29, 1.82) is 0 Å². The van der Waals surface area contributed by atoms with Gasteiger partial charge in [0.25, 0.3) is 0 Å². The molecule has 1 unspecified atom stereocenters. The minimum Gasteiger partial charge on any atom is -0.485 e. The van der Waals surface area contributed by atoms with E-state index in [4.69, 9.17) is 19.9 Å². The van der Waals surface area contributed by atoms with E-state index in [-0.39, 0.29) is 13.2 Å². The Morgan fingerprint density at radius 1 is 1.17 bits per heavy atom. The summed E-state index contributed by atoms with van der Waals surface area (Å²) in [5, 5.41) is 0.975. The van der Waals surface area contributed by atoms with Crippen LogP contribution in [0.15, 0.2) is 24.3 Å². The van der Waals surface area contributed by atoms with Crippen molar-refractivity contribution in [2.24, 2.45) is 0 Å². The van der Waals surface area contributed by atoms with Crippen LogP contribution in [0.25, 0.3) is 10.2 Å². The molecule has 0 fully saturated rings. The molecule has 8 heteroatoms. The molecule has 29 heavy (non-hydrogen) atoms. The van der Waals surface area contributed by atoms with E-state index >= 15 is 0 Å². The predicted octanol–water partition coefficient (Wildman–Crippen LogP) is 3.43. The summed E-state index contributed by atoms with van der Waals surface area (Å²) in [6.07, 6.45) is 4.89. The highest BCUT2D eigenvalue weighted by atomic mass is 32.1. The molecule has 2 aromatic heterocycles. The maximum absolute atomic E-state index is 12.4. The first-order chi connectivity index (χ1) is 14.2. The number of hydrogen-bond acceptors (Lipinski definition) is 8. The number of thiophene rings is 1. The molecular weight excluding hydrogens is 390 g/mol. The number of esters is 1. The number of benzene rings is 1. The lowest BCUT2D eigenvalue weighted by Crippen LogP contribution is -2.37. The smallest absolute Gasteiger partial charge is 0.351 e. The van der Waals surface area contributed by atoms with Crippen molar-refractivity contribution in [3.05, 3.63) is 40.5 Å². The number of carbonyl (C=O) groups excluding carboxylic acids is 1. The molecule has 0 saturated heterocycles. The molecule has 7 nitrogen and oxygen atoms in total. The Morgan fingerprint density at radius 2 is 2.00 bits per heavy atom. The van der Waals surface area contributed by atoms with Crippen molar-refractivity contribution in [3.8, 4) is 11.5 Å². The third-order valence-electron chi connectivity index (χ3n) is 5.25. The van der Waals surface area contributed by atoms with Crippen molar-refractivity contribution in [3.63, 3.8) is 0 Å². The molecule has 1 aliphatic carbocycles. The topological polar surface area (TPSA) is 96.6 Å². The summed E-state index contributed by atoms with van der Waals surface area (Å²) in [6.45, 7) is 0.0541. The largest absolute Gasteiger partial charge is 0.485 e. The van der Waals surface area contributed by atoms with Crippen molar-refractivity contribution < 1.29 is 19.0 Å². The van der Waals surface area contributed by atoms with Crippen LogP contribution in [0.4, 0.5) is 5.82 Å². The van der Waals surface area contributed by atoms with Gasteiger partial charge in [-0.15, -0.1) is 11.3 Å². The predicted molar refractivity (Wildman–Crippen MR) is 109 cm³/mol. The van der Waals surface area contributed by atoms with Gasteiger partial charge < -0.3 is 19.9 Å². The van der Waals surface area contributed by atoms with E-state index in [1.165, 1.54) is 29.7 Å². The first kappa shape index (κ1) is 18.2. The SMILES string of the molecule is Nc1nc(COC(=O)C2COc3ccccc3O2)nc2sc3c(c12)CCCCC3. The lowest BCUT2D eigenvalue weighted by atomic mass is 10.1. The van der Waals surface area contributed by atoms with Gasteiger partial charge >= 0.3 is 5.97 Å². The van der Waals surface area contributed by atoms with Gasteiger partial charge in [0.15, 0.2) is 23.9 Å². The highest BCUT2D eigenvalue weighted by Gasteiger charge is 2.29. The maximum atomic E-state index is 12.4. The Labute approximate surface area is 171 Å². The van der Waals surface area contributed by atoms with Gasteiger partial charge in [0, 0.05) is 4.88 Å². The second kappa shape index (κ2) is 7.51. The van der Waals surface area contributed by atoms with E-state index in [0.29, 0.717) is 23.1 Å². The van der Waals surface area contributed by atoms with Gasteiger partial charge in [0.2, 0.25) is 6.10 Å². The molecule has 150 valence electrons.